The minimum atomic E-state index is -3.55. The van der Waals surface area contributed by atoms with Crippen molar-refractivity contribution in [2.75, 3.05) is 26.2 Å². The molecule has 0 N–H and O–H groups in total. The van der Waals surface area contributed by atoms with Crippen LogP contribution >= 0.6 is 11.3 Å². The zero-order valence-electron chi connectivity index (χ0n) is 18.9. The molecule has 4 rings (SSSR count). The predicted octanol–water partition coefficient (Wildman–Crippen LogP) is 4.34. The maximum atomic E-state index is 12.9. The SMILES string of the molecule is CCc1ccc(OCc2csc(C(=O)N3CCN(S(=O)(=O)c4ccc(C)cc4)CC3)c2)cc1. The monoisotopic (exact) mass is 484 g/mol. The number of sulfonamides is 1. The molecule has 33 heavy (non-hydrogen) atoms. The summed E-state index contributed by atoms with van der Waals surface area (Å²) >= 11 is 1.39. The fourth-order valence-corrected chi connectivity index (χ4v) is 5.98. The smallest absolute Gasteiger partial charge is 0.264 e. The van der Waals surface area contributed by atoms with Crippen molar-refractivity contribution in [3.05, 3.63) is 81.5 Å². The molecule has 1 aliphatic heterocycles. The van der Waals surface area contributed by atoms with Crippen LogP contribution in [-0.4, -0.2) is 49.7 Å². The van der Waals surface area contributed by atoms with Gasteiger partial charge in [-0.25, -0.2) is 8.42 Å². The lowest BCUT2D eigenvalue weighted by molar-refractivity contribution is 0.0702. The van der Waals surface area contributed by atoms with E-state index in [1.54, 1.807) is 29.2 Å². The first kappa shape index (κ1) is 23.5. The van der Waals surface area contributed by atoms with Gasteiger partial charge in [-0.2, -0.15) is 4.31 Å². The lowest BCUT2D eigenvalue weighted by Gasteiger charge is -2.33. The van der Waals surface area contributed by atoms with Crippen molar-refractivity contribution >= 4 is 27.3 Å². The molecule has 1 amide bonds. The zero-order chi connectivity index (χ0) is 23.4. The fraction of sp³-hybridized carbons (Fsp3) is 0.320. The number of hydrogen-bond donors (Lipinski definition) is 0. The summed E-state index contributed by atoms with van der Waals surface area (Å²) in [5.74, 6) is 0.739. The van der Waals surface area contributed by atoms with E-state index in [1.807, 2.05) is 30.5 Å². The number of amides is 1. The van der Waals surface area contributed by atoms with Gasteiger partial charge >= 0.3 is 0 Å². The molecule has 0 spiro atoms. The van der Waals surface area contributed by atoms with Gasteiger partial charge in [0.1, 0.15) is 12.4 Å². The minimum Gasteiger partial charge on any atom is -0.489 e. The van der Waals surface area contributed by atoms with Crippen LogP contribution in [0.5, 0.6) is 5.75 Å². The van der Waals surface area contributed by atoms with Crippen molar-refractivity contribution in [1.29, 1.82) is 0 Å². The number of aryl methyl sites for hydroxylation is 2. The molecule has 2 aromatic carbocycles. The van der Waals surface area contributed by atoms with Gasteiger partial charge in [0.25, 0.3) is 5.91 Å². The second-order valence-corrected chi connectivity index (χ2v) is 11.0. The van der Waals surface area contributed by atoms with E-state index in [9.17, 15) is 13.2 Å². The Morgan fingerprint density at radius 1 is 0.970 bits per heavy atom. The molecule has 0 bridgehead atoms. The number of ether oxygens (including phenoxy) is 1. The standard InChI is InChI=1S/C25H28N2O4S2/c1-3-20-6-8-22(9-7-20)31-17-21-16-24(32-18-21)25(28)26-12-14-27(15-13-26)33(29,30)23-10-4-19(2)5-11-23/h4-11,16,18H,3,12-15,17H2,1-2H3. The number of hydrogen-bond acceptors (Lipinski definition) is 5. The average Bonchev–Trinajstić information content (AvgIpc) is 3.32. The van der Waals surface area contributed by atoms with Crippen LogP contribution in [-0.2, 0) is 23.1 Å². The molecule has 6 nitrogen and oxygen atoms in total. The van der Waals surface area contributed by atoms with Crippen LogP contribution in [0.3, 0.4) is 0 Å². The number of piperazine rings is 1. The van der Waals surface area contributed by atoms with Crippen LogP contribution in [0.1, 0.15) is 33.3 Å². The highest BCUT2D eigenvalue weighted by molar-refractivity contribution is 7.89. The van der Waals surface area contributed by atoms with Crippen LogP contribution in [0.25, 0.3) is 0 Å². The average molecular weight is 485 g/mol. The van der Waals surface area contributed by atoms with E-state index in [2.05, 4.69) is 19.1 Å². The van der Waals surface area contributed by atoms with Crippen molar-refractivity contribution in [3.8, 4) is 5.75 Å². The summed E-state index contributed by atoms with van der Waals surface area (Å²) in [5, 5.41) is 1.94. The molecule has 174 valence electrons. The van der Waals surface area contributed by atoms with Gasteiger partial charge < -0.3 is 9.64 Å². The molecule has 0 radical (unpaired) electrons. The number of carbonyl (C=O) groups is 1. The van der Waals surface area contributed by atoms with Gasteiger partial charge in [-0.3, -0.25) is 4.79 Å². The lowest BCUT2D eigenvalue weighted by Crippen LogP contribution is -2.50. The Labute approximate surface area is 199 Å². The van der Waals surface area contributed by atoms with E-state index >= 15 is 0 Å². The Balaban J connectivity index is 1.32. The molecule has 3 aromatic rings. The summed E-state index contributed by atoms with van der Waals surface area (Å²) in [4.78, 5) is 15.6. The van der Waals surface area contributed by atoms with Crippen molar-refractivity contribution in [2.24, 2.45) is 0 Å². The van der Waals surface area contributed by atoms with Crippen molar-refractivity contribution in [2.45, 2.75) is 31.8 Å². The molecule has 0 unspecified atom stereocenters. The molecule has 0 atom stereocenters. The van der Waals surface area contributed by atoms with Gasteiger partial charge in [-0.1, -0.05) is 36.8 Å². The highest BCUT2D eigenvalue weighted by Crippen LogP contribution is 2.22. The summed E-state index contributed by atoms with van der Waals surface area (Å²) in [6.07, 6.45) is 0.989. The van der Waals surface area contributed by atoms with Gasteiger partial charge in [0.05, 0.1) is 9.77 Å². The number of rotatable bonds is 7. The number of nitrogens with zero attached hydrogens (tertiary/aromatic N) is 2. The lowest BCUT2D eigenvalue weighted by atomic mass is 10.2. The third-order valence-electron chi connectivity index (χ3n) is 5.79. The first-order valence-corrected chi connectivity index (χ1v) is 13.3. The maximum Gasteiger partial charge on any atom is 0.264 e. The van der Waals surface area contributed by atoms with Crippen LogP contribution in [0.4, 0.5) is 0 Å². The highest BCUT2D eigenvalue weighted by Gasteiger charge is 2.30. The van der Waals surface area contributed by atoms with E-state index in [4.69, 9.17) is 4.74 Å². The van der Waals surface area contributed by atoms with Crippen LogP contribution in [0, 0.1) is 6.92 Å². The Hall–Kier alpha value is -2.68. The highest BCUT2D eigenvalue weighted by atomic mass is 32.2. The maximum absolute atomic E-state index is 12.9. The van der Waals surface area contributed by atoms with Crippen molar-refractivity contribution in [1.82, 2.24) is 9.21 Å². The third kappa shape index (κ3) is 5.46. The van der Waals surface area contributed by atoms with E-state index in [0.717, 1.165) is 23.3 Å². The molecule has 1 saturated heterocycles. The molecular weight excluding hydrogens is 456 g/mol. The summed E-state index contributed by atoms with van der Waals surface area (Å²) < 4.78 is 33.1. The van der Waals surface area contributed by atoms with Crippen LogP contribution in [0.2, 0.25) is 0 Å². The molecule has 1 fully saturated rings. The molecule has 2 heterocycles. The van der Waals surface area contributed by atoms with E-state index in [1.165, 1.54) is 21.2 Å². The summed E-state index contributed by atoms with van der Waals surface area (Å²) in [6.45, 7) is 5.76. The molecule has 0 aliphatic carbocycles. The van der Waals surface area contributed by atoms with Crippen molar-refractivity contribution < 1.29 is 17.9 Å². The third-order valence-corrected chi connectivity index (χ3v) is 8.67. The molecule has 0 saturated carbocycles. The predicted molar refractivity (Wildman–Crippen MR) is 130 cm³/mol. The quantitative estimate of drug-likeness (QED) is 0.500. The van der Waals surface area contributed by atoms with Crippen LogP contribution < -0.4 is 4.74 Å². The van der Waals surface area contributed by atoms with Crippen molar-refractivity contribution in [3.63, 3.8) is 0 Å². The summed E-state index contributed by atoms with van der Waals surface area (Å²) in [5.41, 5.74) is 3.22. The van der Waals surface area contributed by atoms with Gasteiger partial charge in [-0.15, -0.1) is 11.3 Å². The van der Waals surface area contributed by atoms with E-state index in [-0.39, 0.29) is 19.0 Å². The molecule has 1 aromatic heterocycles. The number of carbonyl (C=O) groups excluding carboxylic acids is 1. The Morgan fingerprint density at radius 2 is 1.64 bits per heavy atom. The minimum absolute atomic E-state index is 0.0640. The van der Waals surface area contributed by atoms with Gasteiger partial charge in [0, 0.05) is 31.7 Å². The second kappa shape index (κ2) is 10.1. The summed E-state index contributed by atoms with van der Waals surface area (Å²) in [7, 11) is -3.55. The first-order chi connectivity index (χ1) is 15.9. The summed E-state index contributed by atoms with van der Waals surface area (Å²) in [6, 6.07) is 16.7. The van der Waals surface area contributed by atoms with Gasteiger partial charge in [0.15, 0.2) is 0 Å². The van der Waals surface area contributed by atoms with Gasteiger partial charge in [0.2, 0.25) is 10.0 Å². The fourth-order valence-electron chi connectivity index (χ4n) is 3.70. The molecular formula is C25H28N2O4S2. The Bertz CT molecular complexity index is 1190. The number of benzene rings is 2. The van der Waals surface area contributed by atoms with Crippen LogP contribution in [0.15, 0.2) is 64.9 Å². The van der Waals surface area contributed by atoms with E-state index < -0.39 is 10.0 Å². The molecule has 8 heteroatoms. The largest absolute Gasteiger partial charge is 0.489 e. The first-order valence-electron chi connectivity index (χ1n) is 11.0. The topological polar surface area (TPSA) is 66.9 Å². The van der Waals surface area contributed by atoms with Gasteiger partial charge in [-0.05, 0) is 54.6 Å². The molecule has 1 aliphatic rings. The normalized spacial score (nSPS) is 14.9. The zero-order valence-corrected chi connectivity index (χ0v) is 20.5. The number of thiophene rings is 1. The van der Waals surface area contributed by atoms with E-state index in [0.29, 0.717) is 29.5 Å². The Kier molecular flexibility index (Phi) is 7.17. The second-order valence-electron chi connectivity index (χ2n) is 8.11. The Morgan fingerprint density at radius 3 is 2.27 bits per heavy atom.